The standard InChI is InChI=1S/C23H22FNO3/c1-14-22-16(12-25(13-27-22)17-7-3-4-8-17)10-18-21(26)20(28-23(14)18)11-15-6-2-5-9-19(15)24/h2,5-6,9-11,17H,3-4,7-8,12-13H2,1H3/b20-11-. The molecule has 5 rings (SSSR count). The van der Waals surface area contributed by atoms with Crippen LogP contribution in [0.5, 0.6) is 11.5 Å². The summed E-state index contributed by atoms with van der Waals surface area (Å²) in [6.07, 6.45) is 6.43. The molecule has 2 aliphatic heterocycles. The number of Topliss-reactive ketones (excluding diaryl/α,β-unsaturated/α-hetero) is 1. The molecule has 4 nitrogen and oxygen atoms in total. The third-order valence-electron chi connectivity index (χ3n) is 6.00. The van der Waals surface area contributed by atoms with Crippen molar-refractivity contribution in [1.82, 2.24) is 4.90 Å². The third-order valence-corrected chi connectivity index (χ3v) is 6.00. The Morgan fingerprint density at radius 3 is 2.75 bits per heavy atom. The number of halogens is 1. The normalized spacial score (nSPS) is 20.8. The fourth-order valence-electron chi connectivity index (χ4n) is 4.50. The molecule has 1 fully saturated rings. The maximum atomic E-state index is 14.0. The molecule has 2 aromatic carbocycles. The van der Waals surface area contributed by atoms with E-state index in [9.17, 15) is 9.18 Å². The van der Waals surface area contributed by atoms with Crippen LogP contribution in [0.1, 0.15) is 52.7 Å². The molecule has 1 saturated carbocycles. The molecular weight excluding hydrogens is 357 g/mol. The maximum Gasteiger partial charge on any atom is 0.231 e. The Bertz CT molecular complexity index is 992. The summed E-state index contributed by atoms with van der Waals surface area (Å²) in [6, 6.07) is 8.80. The molecule has 0 unspecified atom stereocenters. The molecule has 0 spiro atoms. The number of rotatable bonds is 2. The Kier molecular flexibility index (Phi) is 4.20. The third kappa shape index (κ3) is 2.81. The molecule has 0 saturated heterocycles. The van der Waals surface area contributed by atoms with Crippen molar-refractivity contribution in [2.24, 2.45) is 0 Å². The van der Waals surface area contributed by atoms with Crippen molar-refractivity contribution in [1.29, 1.82) is 0 Å². The Morgan fingerprint density at radius 2 is 1.96 bits per heavy atom. The van der Waals surface area contributed by atoms with Crippen molar-refractivity contribution in [2.45, 2.75) is 45.2 Å². The van der Waals surface area contributed by atoms with E-state index < -0.39 is 0 Å². The molecule has 0 aromatic heterocycles. The number of fused-ring (bicyclic) bond motifs is 2. The van der Waals surface area contributed by atoms with Crippen LogP contribution in [0.2, 0.25) is 0 Å². The van der Waals surface area contributed by atoms with Crippen LogP contribution in [0.4, 0.5) is 4.39 Å². The molecule has 0 radical (unpaired) electrons. The lowest BCUT2D eigenvalue weighted by Crippen LogP contribution is -2.39. The van der Waals surface area contributed by atoms with E-state index in [1.807, 2.05) is 13.0 Å². The van der Waals surface area contributed by atoms with Crippen molar-refractivity contribution < 1.29 is 18.7 Å². The van der Waals surface area contributed by atoms with E-state index in [1.54, 1.807) is 18.2 Å². The van der Waals surface area contributed by atoms with Crippen LogP contribution in [-0.4, -0.2) is 23.5 Å². The van der Waals surface area contributed by atoms with Crippen LogP contribution < -0.4 is 9.47 Å². The highest BCUT2D eigenvalue weighted by atomic mass is 19.1. The number of ether oxygens (including phenoxy) is 2. The quantitative estimate of drug-likeness (QED) is 0.700. The van der Waals surface area contributed by atoms with E-state index in [0.717, 1.165) is 23.4 Å². The van der Waals surface area contributed by atoms with Crippen LogP contribution in [0, 0.1) is 12.7 Å². The van der Waals surface area contributed by atoms with E-state index in [2.05, 4.69) is 4.90 Å². The summed E-state index contributed by atoms with van der Waals surface area (Å²) in [6.45, 7) is 3.28. The summed E-state index contributed by atoms with van der Waals surface area (Å²) in [5, 5.41) is 0. The summed E-state index contributed by atoms with van der Waals surface area (Å²) in [4.78, 5) is 15.3. The molecule has 144 valence electrons. The lowest BCUT2D eigenvalue weighted by Gasteiger charge is -2.34. The number of carbonyl (C=O) groups is 1. The van der Waals surface area contributed by atoms with Gasteiger partial charge in [0.25, 0.3) is 0 Å². The second kappa shape index (κ2) is 6.74. The first-order valence-electron chi connectivity index (χ1n) is 9.84. The molecule has 0 bridgehead atoms. The van der Waals surface area contributed by atoms with E-state index in [1.165, 1.54) is 37.8 Å². The Morgan fingerprint density at radius 1 is 1.18 bits per heavy atom. The van der Waals surface area contributed by atoms with Crippen LogP contribution in [0.3, 0.4) is 0 Å². The number of nitrogens with zero attached hydrogens (tertiary/aromatic N) is 1. The minimum absolute atomic E-state index is 0.151. The predicted molar refractivity (Wildman–Crippen MR) is 104 cm³/mol. The van der Waals surface area contributed by atoms with Gasteiger partial charge in [0.05, 0.1) is 5.56 Å². The minimum atomic E-state index is -0.381. The van der Waals surface area contributed by atoms with E-state index in [-0.39, 0.29) is 17.4 Å². The second-order valence-corrected chi connectivity index (χ2v) is 7.79. The average molecular weight is 379 g/mol. The molecule has 0 atom stereocenters. The smallest absolute Gasteiger partial charge is 0.231 e. The topological polar surface area (TPSA) is 38.8 Å². The van der Waals surface area contributed by atoms with Crippen LogP contribution in [0.15, 0.2) is 36.1 Å². The van der Waals surface area contributed by atoms with Gasteiger partial charge < -0.3 is 9.47 Å². The van der Waals surface area contributed by atoms with Gasteiger partial charge in [-0.3, -0.25) is 9.69 Å². The molecule has 3 aliphatic rings. The highest BCUT2D eigenvalue weighted by Gasteiger charge is 2.35. The van der Waals surface area contributed by atoms with Gasteiger partial charge in [-0.2, -0.15) is 0 Å². The average Bonchev–Trinajstić information content (AvgIpc) is 3.34. The molecule has 2 heterocycles. The van der Waals surface area contributed by atoms with Gasteiger partial charge in [0.1, 0.15) is 24.0 Å². The fraction of sp³-hybridized carbons (Fsp3) is 0.348. The van der Waals surface area contributed by atoms with E-state index >= 15 is 0 Å². The fourth-order valence-corrected chi connectivity index (χ4v) is 4.50. The first-order chi connectivity index (χ1) is 13.6. The summed E-state index contributed by atoms with van der Waals surface area (Å²) in [5.74, 6) is 0.905. The Hall–Kier alpha value is -2.66. The van der Waals surface area contributed by atoms with Gasteiger partial charge in [-0.05, 0) is 38.0 Å². The van der Waals surface area contributed by atoms with E-state index in [4.69, 9.17) is 9.47 Å². The summed E-state index contributed by atoms with van der Waals surface area (Å²) in [7, 11) is 0. The van der Waals surface area contributed by atoms with Gasteiger partial charge >= 0.3 is 0 Å². The van der Waals surface area contributed by atoms with Crippen LogP contribution in [-0.2, 0) is 6.54 Å². The monoisotopic (exact) mass is 379 g/mol. The van der Waals surface area contributed by atoms with Crippen molar-refractivity contribution in [2.75, 3.05) is 6.73 Å². The molecule has 1 aliphatic carbocycles. The number of carbonyl (C=O) groups excluding carboxylic acids is 1. The lowest BCUT2D eigenvalue weighted by molar-refractivity contribution is 0.0570. The SMILES string of the molecule is Cc1c2c(cc3c1O/C(=C\c1ccccc1F)C3=O)CN(C1CCCC1)CO2. The summed E-state index contributed by atoms with van der Waals surface area (Å²) in [5.41, 5.74) is 2.74. The zero-order valence-electron chi connectivity index (χ0n) is 15.8. The molecule has 0 N–H and O–H groups in total. The molecule has 0 amide bonds. The number of allylic oxidation sites excluding steroid dienone is 1. The second-order valence-electron chi connectivity index (χ2n) is 7.79. The summed E-state index contributed by atoms with van der Waals surface area (Å²) < 4.78 is 25.9. The predicted octanol–water partition coefficient (Wildman–Crippen LogP) is 4.84. The van der Waals surface area contributed by atoms with Gasteiger partial charge in [-0.1, -0.05) is 31.0 Å². The number of benzene rings is 2. The zero-order chi connectivity index (χ0) is 19.3. The van der Waals surface area contributed by atoms with Gasteiger partial charge in [-0.25, -0.2) is 4.39 Å². The lowest BCUT2D eigenvalue weighted by atomic mass is 9.99. The van der Waals surface area contributed by atoms with Crippen LogP contribution >= 0.6 is 0 Å². The van der Waals surface area contributed by atoms with Gasteiger partial charge in [0, 0.05) is 29.3 Å². The number of ketones is 1. The van der Waals surface area contributed by atoms with Gasteiger partial charge in [0.2, 0.25) is 5.78 Å². The zero-order valence-corrected chi connectivity index (χ0v) is 15.8. The highest BCUT2D eigenvalue weighted by Crippen LogP contribution is 2.44. The van der Waals surface area contributed by atoms with Crippen molar-refractivity contribution >= 4 is 11.9 Å². The Labute approximate surface area is 163 Å². The molecular formula is C23H22FNO3. The highest BCUT2D eigenvalue weighted by molar-refractivity contribution is 6.15. The van der Waals surface area contributed by atoms with Gasteiger partial charge in [-0.15, -0.1) is 0 Å². The van der Waals surface area contributed by atoms with Crippen molar-refractivity contribution in [3.63, 3.8) is 0 Å². The minimum Gasteiger partial charge on any atom is -0.477 e. The van der Waals surface area contributed by atoms with Crippen molar-refractivity contribution in [3.8, 4) is 11.5 Å². The molecule has 28 heavy (non-hydrogen) atoms. The van der Waals surface area contributed by atoms with Crippen LogP contribution in [0.25, 0.3) is 6.08 Å². The Balaban J connectivity index is 1.49. The first kappa shape index (κ1) is 17.4. The largest absolute Gasteiger partial charge is 0.477 e. The number of hydrogen-bond acceptors (Lipinski definition) is 4. The van der Waals surface area contributed by atoms with E-state index in [0.29, 0.717) is 29.6 Å². The number of hydrogen-bond donors (Lipinski definition) is 0. The van der Waals surface area contributed by atoms with Crippen molar-refractivity contribution in [3.05, 3.63) is 64.2 Å². The first-order valence-corrected chi connectivity index (χ1v) is 9.84. The molecule has 2 aromatic rings. The summed E-state index contributed by atoms with van der Waals surface area (Å²) >= 11 is 0. The maximum absolute atomic E-state index is 14.0. The van der Waals surface area contributed by atoms with Gasteiger partial charge in [0.15, 0.2) is 5.76 Å². The molecule has 5 heteroatoms.